The smallest absolute Gasteiger partial charge is 0.239 e. The highest BCUT2D eigenvalue weighted by atomic mass is 16.5. The normalized spacial score (nSPS) is 13.5. The highest BCUT2D eigenvalue weighted by Crippen LogP contribution is 2.12. The summed E-state index contributed by atoms with van der Waals surface area (Å²) in [6, 6.07) is 7.70. The van der Waals surface area contributed by atoms with E-state index in [1.165, 1.54) is 0 Å². The SMILES string of the molecule is CCCC(C)(N)C(=O)NCCOCc1ccc(OC)cc1. The van der Waals surface area contributed by atoms with E-state index in [0.717, 1.165) is 17.7 Å². The minimum atomic E-state index is -0.801. The fourth-order valence-electron chi connectivity index (χ4n) is 1.98. The first-order valence-electron chi connectivity index (χ1n) is 7.27. The number of hydrogen-bond donors (Lipinski definition) is 2. The maximum atomic E-state index is 11.9. The fourth-order valence-corrected chi connectivity index (χ4v) is 1.98. The largest absolute Gasteiger partial charge is 0.497 e. The number of rotatable bonds is 9. The molecule has 0 aliphatic heterocycles. The van der Waals surface area contributed by atoms with Crippen molar-refractivity contribution >= 4 is 5.91 Å². The van der Waals surface area contributed by atoms with Crippen molar-refractivity contribution in [2.45, 2.75) is 38.8 Å². The van der Waals surface area contributed by atoms with Crippen LogP contribution in [0.2, 0.25) is 0 Å². The minimum absolute atomic E-state index is 0.127. The summed E-state index contributed by atoms with van der Waals surface area (Å²) in [5.41, 5.74) is 6.20. The van der Waals surface area contributed by atoms with Crippen LogP contribution in [0.15, 0.2) is 24.3 Å². The summed E-state index contributed by atoms with van der Waals surface area (Å²) in [5, 5.41) is 2.80. The molecule has 0 saturated carbocycles. The molecule has 0 heterocycles. The molecule has 5 heteroatoms. The molecule has 1 aromatic rings. The lowest BCUT2D eigenvalue weighted by atomic mass is 9.97. The van der Waals surface area contributed by atoms with Crippen LogP contribution in [-0.4, -0.2) is 31.7 Å². The standard InChI is InChI=1S/C16H26N2O3/c1-4-9-16(2,17)15(19)18-10-11-21-12-13-5-7-14(20-3)8-6-13/h5-8H,4,9-12,17H2,1-3H3,(H,18,19). The van der Waals surface area contributed by atoms with Gasteiger partial charge in [-0.05, 0) is 31.0 Å². The quantitative estimate of drug-likeness (QED) is 0.682. The number of ether oxygens (including phenoxy) is 2. The van der Waals surface area contributed by atoms with Crippen LogP contribution in [-0.2, 0) is 16.1 Å². The average Bonchev–Trinajstić information content (AvgIpc) is 2.47. The average molecular weight is 294 g/mol. The predicted molar refractivity (Wildman–Crippen MR) is 83.2 cm³/mol. The van der Waals surface area contributed by atoms with Crippen LogP contribution in [0.1, 0.15) is 32.3 Å². The number of nitrogens with one attached hydrogen (secondary N) is 1. The Morgan fingerprint density at radius 2 is 2.00 bits per heavy atom. The van der Waals surface area contributed by atoms with E-state index in [4.69, 9.17) is 15.2 Å². The van der Waals surface area contributed by atoms with E-state index in [9.17, 15) is 4.79 Å². The zero-order valence-electron chi connectivity index (χ0n) is 13.1. The number of carbonyl (C=O) groups is 1. The van der Waals surface area contributed by atoms with Gasteiger partial charge in [-0.25, -0.2) is 0 Å². The molecule has 21 heavy (non-hydrogen) atoms. The summed E-state index contributed by atoms with van der Waals surface area (Å²) in [5.74, 6) is 0.696. The highest BCUT2D eigenvalue weighted by molar-refractivity contribution is 5.85. The Morgan fingerprint density at radius 3 is 2.57 bits per heavy atom. The Morgan fingerprint density at radius 1 is 1.33 bits per heavy atom. The van der Waals surface area contributed by atoms with Gasteiger partial charge in [0.25, 0.3) is 0 Å². The van der Waals surface area contributed by atoms with Gasteiger partial charge in [-0.1, -0.05) is 25.5 Å². The Kier molecular flexibility index (Phi) is 7.19. The summed E-state index contributed by atoms with van der Waals surface area (Å²) >= 11 is 0. The van der Waals surface area contributed by atoms with E-state index in [0.29, 0.717) is 26.2 Å². The Hall–Kier alpha value is -1.59. The third-order valence-corrected chi connectivity index (χ3v) is 3.25. The number of methoxy groups -OCH3 is 1. The number of carbonyl (C=O) groups excluding carboxylic acids is 1. The second-order valence-electron chi connectivity index (χ2n) is 5.32. The van der Waals surface area contributed by atoms with E-state index in [1.54, 1.807) is 14.0 Å². The van der Waals surface area contributed by atoms with E-state index >= 15 is 0 Å². The number of benzene rings is 1. The van der Waals surface area contributed by atoms with E-state index < -0.39 is 5.54 Å². The molecule has 1 atom stereocenters. The van der Waals surface area contributed by atoms with Gasteiger partial charge >= 0.3 is 0 Å². The van der Waals surface area contributed by atoms with Crippen LogP contribution in [0.3, 0.4) is 0 Å². The highest BCUT2D eigenvalue weighted by Gasteiger charge is 2.26. The summed E-state index contributed by atoms with van der Waals surface area (Å²) in [7, 11) is 1.64. The maximum Gasteiger partial charge on any atom is 0.239 e. The zero-order valence-corrected chi connectivity index (χ0v) is 13.1. The fraction of sp³-hybridized carbons (Fsp3) is 0.562. The summed E-state index contributed by atoms with van der Waals surface area (Å²) < 4.78 is 10.6. The molecule has 1 unspecified atom stereocenters. The van der Waals surface area contributed by atoms with E-state index in [-0.39, 0.29) is 5.91 Å². The number of hydrogen-bond acceptors (Lipinski definition) is 4. The van der Waals surface area contributed by atoms with E-state index in [1.807, 2.05) is 31.2 Å². The van der Waals surface area contributed by atoms with Crippen molar-refractivity contribution in [3.8, 4) is 5.75 Å². The van der Waals surface area contributed by atoms with Gasteiger partial charge in [0.05, 0.1) is 25.9 Å². The Bertz CT molecular complexity index is 430. The van der Waals surface area contributed by atoms with Gasteiger partial charge in [0.15, 0.2) is 0 Å². The minimum Gasteiger partial charge on any atom is -0.497 e. The first-order chi connectivity index (χ1) is 9.99. The molecule has 1 aromatic carbocycles. The van der Waals surface area contributed by atoms with Gasteiger partial charge in [0.1, 0.15) is 5.75 Å². The number of nitrogens with two attached hydrogens (primary N) is 1. The summed E-state index contributed by atoms with van der Waals surface area (Å²) in [4.78, 5) is 11.9. The predicted octanol–water partition coefficient (Wildman–Crippen LogP) is 1.85. The van der Waals surface area contributed by atoms with Crippen LogP contribution in [0.4, 0.5) is 0 Å². The monoisotopic (exact) mass is 294 g/mol. The lowest BCUT2D eigenvalue weighted by molar-refractivity contribution is -0.126. The number of amides is 1. The molecule has 0 saturated heterocycles. The molecule has 0 aliphatic carbocycles. The second-order valence-corrected chi connectivity index (χ2v) is 5.32. The topological polar surface area (TPSA) is 73.6 Å². The third-order valence-electron chi connectivity index (χ3n) is 3.25. The lowest BCUT2D eigenvalue weighted by Crippen LogP contribution is -2.52. The van der Waals surface area contributed by atoms with Crippen LogP contribution in [0.5, 0.6) is 5.75 Å². The first-order valence-corrected chi connectivity index (χ1v) is 7.27. The molecule has 0 bridgehead atoms. The first kappa shape index (κ1) is 17.5. The van der Waals surface area contributed by atoms with Crippen molar-refractivity contribution in [1.82, 2.24) is 5.32 Å². The van der Waals surface area contributed by atoms with E-state index in [2.05, 4.69) is 5.32 Å². The van der Waals surface area contributed by atoms with Crippen molar-refractivity contribution in [3.63, 3.8) is 0 Å². The molecule has 1 rings (SSSR count). The molecule has 0 radical (unpaired) electrons. The van der Waals surface area contributed by atoms with Crippen LogP contribution >= 0.6 is 0 Å². The summed E-state index contributed by atoms with van der Waals surface area (Å²) in [6.45, 7) is 5.20. The molecule has 118 valence electrons. The molecule has 0 spiro atoms. The maximum absolute atomic E-state index is 11.9. The third kappa shape index (κ3) is 6.14. The van der Waals surface area contributed by atoms with Crippen molar-refractivity contribution in [3.05, 3.63) is 29.8 Å². The summed E-state index contributed by atoms with van der Waals surface area (Å²) in [6.07, 6.45) is 1.56. The Balaban J connectivity index is 2.20. The molecular weight excluding hydrogens is 268 g/mol. The van der Waals surface area contributed by atoms with Crippen molar-refractivity contribution in [2.24, 2.45) is 5.73 Å². The Labute approximate surface area is 126 Å². The van der Waals surface area contributed by atoms with Crippen molar-refractivity contribution in [1.29, 1.82) is 0 Å². The van der Waals surface area contributed by atoms with Gasteiger partial charge in [0.2, 0.25) is 5.91 Å². The second kappa shape index (κ2) is 8.64. The van der Waals surface area contributed by atoms with Crippen LogP contribution in [0, 0.1) is 0 Å². The molecule has 1 amide bonds. The zero-order chi connectivity index (χ0) is 15.7. The van der Waals surface area contributed by atoms with Crippen LogP contribution < -0.4 is 15.8 Å². The molecule has 0 aromatic heterocycles. The molecule has 0 fully saturated rings. The van der Waals surface area contributed by atoms with Crippen LogP contribution in [0.25, 0.3) is 0 Å². The van der Waals surface area contributed by atoms with Crippen molar-refractivity contribution < 1.29 is 14.3 Å². The molecule has 0 aliphatic rings. The lowest BCUT2D eigenvalue weighted by Gasteiger charge is -2.22. The molecular formula is C16H26N2O3. The van der Waals surface area contributed by atoms with Gasteiger partial charge in [-0.3, -0.25) is 4.79 Å². The van der Waals surface area contributed by atoms with Gasteiger partial charge < -0.3 is 20.5 Å². The molecule has 3 N–H and O–H groups in total. The van der Waals surface area contributed by atoms with Gasteiger partial charge in [-0.15, -0.1) is 0 Å². The van der Waals surface area contributed by atoms with Gasteiger partial charge in [0, 0.05) is 6.54 Å². The van der Waals surface area contributed by atoms with Crippen molar-refractivity contribution in [2.75, 3.05) is 20.3 Å². The van der Waals surface area contributed by atoms with Gasteiger partial charge in [-0.2, -0.15) is 0 Å². The molecule has 5 nitrogen and oxygen atoms in total.